The number of ether oxygens (including phenoxy) is 1. The second-order valence-electron chi connectivity index (χ2n) is 6.41. The molecular formula is C15H27N3O4S. The number of aryl methyl sites for hydroxylation is 1. The van der Waals surface area contributed by atoms with Gasteiger partial charge in [0.2, 0.25) is 0 Å². The van der Waals surface area contributed by atoms with E-state index in [1.165, 1.54) is 6.20 Å². The van der Waals surface area contributed by atoms with Gasteiger partial charge in [-0.05, 0) is 25.2 Å². The standard InChI is InChI=1S/C15H27N3O4S/c1-11(2)15-17-14(10-18(15)3)23(20,21)16-7-4-13(19)12-5-8-22-9-6-12/h10-13,16,19H,4-9H2,1-3H3/t13-/m1/s1. The Labute approximate surface area is 138 Å². The first-order valence-corrected chi connectivity index (χ1v) is 9.58. The van der Waals surface area contributed by atoms with Crippen molar-refractivity contribution in [2.24, 2.45) is 13.0 Å². The summed E-state index contributed by atoms with van der Waals surface area (Å²) < 4.78 is 34.1. The lowest BCUT2D eigenvalue weighted by atomic mass is 9.92. The van der Waals surface area contributed by atoms with E-state index in [0.717, 1.165) is 18.7 Å². The summed E-state index contributed by atoms with van der Waals surface area (Å²) in [6.07, 6.45) is 3.06. The van der Waals surface area contributed by atoms with Gasteiger partial charge in [0, 0.05) is 38.9 Å². The molecule has 0 spiro atoms. The monoisotopic (exact) mass is 345 g/mol. The summed E-state index contributed by atoms with van der Waals surface area (Å²) in [5.74, 6) is 1.07. The van der Waals surface area contributed by atoms with Gasteiger partial charge in [-0.3, -0.25) is 0 Å². The van der Waals surface area contributed by atoms with Crippen molar-refractivity contribution < 1.29 is 18.3 Å². The minimum Gasteiger partial charge on any atom is -0.393 e. The molecule has 1 aromatic heterocycles. The number of hydrogen-bond acceptors (Lipinski definition) is 5. The summed E-state index contributed by atoms with van der Waals surface area (Å²) in [7, 11) is -1.85. The topological polar surface area (TPSA) is 93.5 Å². The van der Waals surface area contributed by atoms with Crippen LogP contribution < -0.4 is 4.72 Å². The Kier molecular flexibility index (Phi) is 6.19. The molecule has 7 nitrogen and oxygen atoms in total. The quantitative estimate of drug-likeness (QED) is 0.769. The van der Waals surface area contributed by atoms with Crippen molar-refractivity contribution in [3.63, 3.8) is 0 Å². The Morgan fingerprint density at radius 3 is 2.65 bits per heavy atom. The van der Waals surface area contributed by atoms with Gasteiger partial charge < -0.3 is 14.4 Å². The molecule has 1 aliphatic rings. The zero-order valence-corrected chi connectivity index (χ0v) is 14.8. The first-order chi connectivity index (χ1) is 10.8. The van der Waals surface area contributed by atoms with Gasteiger partial charge in [-0.15, -0.1) is 0 Å². The molecule has 0 radical (unpaired) electrons. The molecule has 2 heterocycles. The molecule has 2 rings (SSSR count). The van der Waals surface area contributed by atoms with Crippen LogP contribution in [0.3, 0.4) is 0 Å². The lowest BCUT2D eigenvalue weighted by Gasteiger charge is -2.26. The molecule has 0 saturated carbocycles. The Balaban J connectivity index is 1.90. The van der Waals surface area contributed by atoms with Gasteiger partial charge in [0.05, 0.1) is 6.10 Å². The van der Waals surface area contributed by atoms with E-state index in [1.54, 1.807) is 11.6 Å². The third-order valence-corrected chi connectivity index (χ3v) is 5.56. The van der Waals surface area contributed by atoms with E-state index in [0.29, 0.717) is 19.6 Å². The maximum Gasteiger partial charge on any atom is 0.259 e. The first kappa shape index (κ1) is 18.4. The molecule has 1 aliphatic heterocycles. The SMILES string of the molecule is CC(C)c1nc(S(=O)(=O)NCC[C@@H](O)C2CCOCC2)cn1C. The summed E-state index contributed by atoms with van der Waals surface area (Å²) in [5.41, 5.74) is 0. The highest BCUT2D eigenvalue weighted by molar-refractivity contribution is 7.89. The van der Waals surface area contributed by atoms with Crippen LogP contribution in [-0.4, -0.2) is 48.9 Å². The maximum absolute atomic E-state index is 12.3. The second-order valence-corrected chi connectivity index (χ2v) is 8.12. The van der Waals surface area contributed by atoms with Crippen LogP contribution in [0, 0.1) is 5.92 Å². The number of aromatic nitrogens is 2. The zero-order chi connectivity index (χ0) is 17.0. The lowest BCUT2D eigenvalue weighted by molar-refractivity contribution is 0.00567. The van der Waals surface area contributed by atoms with Gasteiger partial charge in [-0.25, -0.2) is 18.1 Å². The predicted molar refractivity (Wildman–Crippen MR) is 86.7 cm³/mol. The van der Waals surface area contributed by atoms with E-state index in [9.17, 15) is 13.5 Å². The summed E-state index contributed by atoms with van der Waals surface area (Å²) in [5, 5.41) is 10.2. The minimum absolute atomic E-state index is 0.0317. The average molecular weight is 345 g/mol. The van der Waals surface area contributed by atoms with Crippen LogP contribution in [0.15, 0.2) is 11.2 Å². The third kappa shape index (κ3) is 4.76. The fourth-order valence-electron chi connectivity index (χ4n) is 2.87. The Bertz CT molecular complexity index is 606. The molecule has 1 fully saturated rings. The van der Waals surface area contributed by atoms with Gasteiger partial charge in [-0.2, -0.15) is 0 Å². The average Bonchev–Trinajstić information content (AvgIpc) is 2.91. The zero-order valence-electron chi connectivity index (χ0n) is 14.0. The van der Waals surface area contributed by atoms with E-state index in [1.807, 2.05) is 13.8 Å². The number of aliphatic hydroxyl groups is 1. The summed E-state index contributed by atoms with van der Waals surface area (Å²) in [6, 6.07) is 0. The van der Waals surface area contributed by atoms with Crippen molar-refractivity contribution in [2.75, 3.05) is 19.8 Å². The number of sulfonamides is 1. The number of nitrogens with zero attached hydrogens (tertiary/aromatic N) is 2. The minimum atomic E-state index is -3.64. The van der Waals surface area contributed by atoms with E-state index in [4.69, 9.17) is 4.74 Å². The van der Waals surface area contributed by atoms with Crippen molar-refractivity contribution in [2.45, 2.75) is 50.2 Å². The smallest absolute Gasteiger partial charge is 0.259 e. The normalized spacial score (nSPS) is 18.5. The molecule has 2 N–H and O–H groups in total. The number of imidazole rings is 1. The number of rotatable bonds is 7. The maximum atomic E-state index is 12.3. The van der Waals surface area contributed by atoms with Crippen molar-refractivity contribution in [3.8, 4) is 0 Å². The first-order valence-electron chi connectivity index (χ1n) is 8.10. The molecule has 1 aromatic rings. The van der Waals surface area contributed by atoms with Gasteiger partial charge in [0.15, 0.2) is 5.03 Å². The molecule has 0 amide bonds. The second kappa shape index (κ2) is 7.74. The molecule has 1 saturated heterocycles. The summed E-state index contributed by atoms with van der Waals surface area (Å²) in [6.45, 7) is 5.47. The highest BCUT2D eigenvalue weighted by Gasteiger charge is 2.24. The van der Waals surface area contributed by atoms with E-state index >= 15 is 0 Å². The Morgan fingerprint density at radius 2 is 2.09 bits per heavy atom. The van der Waals surface area contributed by atoms with E-state index in [-0.39, 0.29) is 23.4 Å². The van der Waals surface area contributed by atoms with Crippen molar-refractivity contribution >= 4 is 10.0 Å². The van der Waals surface area contributed by atoms with Crippen LogP contribution in [0.5, 0.6) is 0 Å². The van der Waals surface area contributed by atoms with Crippen LogP contribution in [0.2, 0.25) is 0 Å². The number of nitrogens with one attached hydrogen (secondary N) is 1. The molecule has 132 valence electrons. The van der Waals surface area contributed by atoms with E-state index in [2.05, 4.69) is 9.71 Å². The van der Waals surface area contributed by atoms with Crippen molar-refractivity contribution in [1.82, 2.24) is 14.3 Å². The largest absolute Gasteiger partial charge is 0.393 e. The molecule has 8 heteroatoms. The van der Waals surface area contributed by atoms with Crippen molar-refractivity contribution in [1.29, 1.82) is 0 Å². The van der Waals surface area contributed by atoms with Crippen LogP contribution in [-0.2, 0) is 21.8 Å². The number of aliphatic hydroxyl groups excluding tert-OH is 1. The molecular weight excluding hydrogens is 318 g/mol. The molecule has 0 bridgehead atoms. The van der Waals surface area contributed by atoms with Crippen LogP contribution >= 0.6 is 0 Å². The van der Waals surface area contributed by atoms with Gasteiger partial charge in [0.25, 0.3) is 10.0 Å². The fraction of sp³-hybridized carbons (Fsp3) is 0.800. The Hall–Kier alpha value is -0.960. The lowest BCUT2D eigenvalue weighted by Crippen LogP contribution is -2.32. The van der Waals surface area contributed by atoms with E-state index < -0.39 is 16.1 Å². The fourth-order valence-corrected chi connectivity index (χ4v) is 3.91. The molecule has 0 aliphatic carbocycles. The third-order valence-electron chi connectivity index (χ3n) is 4.22. The predicted octanol–water partition coefficient (Wildman–Crippen LogP) is 0.999. The van der Waals surface area contributed by atoms with Crippen LogP contribution in [0.1, 0.15) is 44.9 Å². The van der Waals surface area contributed by atoms with Gasteiger partial charge in [-0.1, -0.05) is 13.8 Å². The van der Waals surface area contributed by atoms with Crippen LogP contribution in [0.4, 0.5) is 0 Å². The highest BCUT2D eigenvalue weighted by Crippen LogP contribution is 2.21. The van der Waals surface area contributed by atoms with Gasteiger partial charge in [0.1, 0.15) is 5.82 Å². The number of hydrogen-bond donors (Lipinski definition) is 2. The molecule has 0 aromatic carbocycles. The summed E-state index contributed by atoms with van der Waals surface area (Å²) in [4.78, 5) is 4.20. The molecule has 1 atom stereocenters. The molecule has 0 unspecified atom stereocenters. The van der Waals surface area contributed by atoms with Crippen LogP contribution in [0.25, 0.3) is 0 Å². The summed E-state index contributed by atoms with van der Waals surface area (Å²) >= 11 is 0. The van der Waals surface area contributed by atoms with Crippen molar-refractivity contribution in [3.05, 3.63) is 12.0 Å². The van der Waals surface area contributed by atoms with Gasteiger partial charge >= 0.3 is 0 Å². The Morgan fingerprint density at radius 1 is 1.43 bits per heavy atom. The molecule has 23 heavy (non-hydrogen) atoms. The highest BCUT2D eigenvalue weighted by atomic mass is 32.2.